The number of hydrogen-bond donors (Lipinski definition) is 2. The summed E-state index contributed by atoms with van der Waals surface area (Å²) < 4.78 is 2.00. The third-order valence-corrected chi connectivity index (χ3v) is 2.78. The number of aromatic nitrogens is 2. The van der Waals surface area contributed by atoms with Crippen molar-refractivity contribution in [2.24, 2.45) is 0 Å². The molecule has 0 unspecified atom stereocenters. The van der Waals surface area contributed by atoms with E-state index in [9.17, 15) is 4.79 Å². The number of nitrogens with zero attached hydrogens (tertiary/aromatic N) is 2. The van der Waals surface area contributed by atoms with Gasteiger partial charge in [0.1, 0.15) is 5.65 Å². The Morgan fingerprint density at radius 3 is 3.11 bits per heavy atom. The van der Waals surface area contributed by atoms with Crippen molar-refractivity contribution in [3.63, 3.8) is 0 Å². The molecule has 2 aromatic heterocycles. The van der Waals surface area contributed by atoms with Gasteiger partial charge < -0.3 is 14.8 Å². The lowest BCUT2D eigenvalue weighted by Gasteiger charge is -1.99. The van der Waals surface area contributed by atoms with Crippen molar-refractivity contribution in [2.45, 2.75) is 26.3 Å². The number of pyridine rings is 1. The molecule has 0 aliphatic heterocycles. The highest BCUT2D eigenvalue weighted by Gasteiger charge is 2.03. The topological polar surface area (TPSA) is 66.6 Å². The van der Waals surface area contributed by atoms with E-state index in [1.54, 1.807) is 0 Å². The van der Waals surface area contributed by atoms with Gasteiger partial charge >= 0.3 is 5.97 Å². The van der Waals surface area contributed by atoms with Crippen LogP contribution in [0.3, 0.4) is 0 Å². The molecule has 2 aromatic rings. The molecule has 0 spiro atoms. The number of carbonyl (C=O) groups is 1. The molecule has 2 rings (SSSR count). The Morgan fingerprint density at radius 2 is 2.39 bits per heavy atom. The molecule has 5 heteroatoms. The second-order valence-electron chi connectivity index (χ2n) is 4.33. The molecule has 2 N–H and O–H groups in total. The Hall–Kier alpha value is -1.88. The predicted octanol–water partition coefficient (Wildman–Crippen LogP) is 1.60. The quantitative estimate of drug-likeness (QED) is 0.761. The Kier molecular flexibility index (Phi) is 3.94. The van der Waals surface area contributed by atoms with Gasteiger partial charge in [0.2, 0.25) is 0 Å². The van der Waals surface area contributed by atoms with Crippen LogP contribution in [0.25, 0.3) is 5.65 Å². The molecule has 96 valence electrons. The summed E-state index contributed by atoms with van der Waals surface area (Å²) in [5.41, 5.74) is 3.09. The molecule has 0 atom stereocenters. The van der Waals surface area contributed by atoms with Crippen LogP contribution in [0.5, 0.6) is 0 Å². The zero-order chi connectivity index (χ0) is 13.0. The molecular formula is C13H17N3O2. The van der Waals surface area contributed by atoms with E-state index < -0.39 is 5.97 Å². The van der Waals surface area contributed by atoms with Gasteiger partial charge in [-0.25, -0.2) is 4.98 Å². The Labute approximate surface area is 105 Å². The largest absolute Gasteiger partial charge is 0.481 e. The summed E-state index contributed by atoms with van der Waals surface area (Å²) in [5.74, 6) is -0.750. The standard InChI is InChI=1S/C13H17N3O2/c1-10-4-3-7-16-9-11(15-13(10)16)8-14-6-2-5-12(17)18/h3-4,7,9,14H,2,5-6,8H2,1H3,(H,17,18). The van der Waals surface area contributed by atoms with E-state index in [2.05, 4.69) is 10.3 Å². The van der Waals surface area contributed by atoms with E-state index in [-0.39, 0.29) is 6.42 Å². The van der Waals surface area contributed by atoms with Gasteiger partial charge in [-0.2, -0.15) is 0 Å². The van der Waals surface area contributed by atoms with E-state index in [1.807, 2.05) is 35.9 Å². The Balaban J connectivity index is 1.88. The van der Waals surface area contributed by atoms with Crippen LogP contribution in [0.1, 0.15) is 24.1 Å². The number of aliphatic carboxylic acids is 1. The van der Waals surface area contributed by atoms with Gasteiger partial charge in [-0.05, 0) is 31.5 Å². The summed E-state index contributed by atoms with van der Waals surface area (Å²) in [6, 6.07) is 4.03. The number of nitrogens with one attached hydrogen (secondary N) is 1. The number of aryl methyl sites for hydroxylation is 1. The number of carboxylic acid groups (broad SMARTS) is 1. The maximum atomic E-state index is 10.3. The molecule has 0 saturated heterocycles. The van der Waals surface area contributed by atoms with Gasteiger partial charge in [0.25, 0.3) is 0 Å². The number of imidazole rings is 1. The Morgan fingerprint density at radius 1 is 1.56 bits per heavy atom. The van der Waals surface area contributed by atoms with Crippen LogP contribution in [-0.2, 0) is 11.3 Å². The molecule has 0 radical (unpaired) electrons. The van der Waals surface area contributed by atoms with E-state index in [4.69, 9.17) is 5.11 Å². The monoisotopic (exact) mass is 247 g/mol. The van der Waals surface area contributed by atoms with Gasteiger partial charge in [0, 0.05) is 25.4 Å². The van der Waals surface area contributed by atoms with Crippen LogP contribution in [-0.4, -0.2) is 27.0 Å². The minimum Gasteiger partial charge on any atom is -0.481 e. The molecule has 0 aromatic carbocycles. The van der Waals surface area contributed by atoms with Crippen molar-refractivity contribution < 1.29 is 9.90 Å². The second-order valence-corrected chi connectivity index (χ2v) is 4.33. The first-order valence-electron chi connectivity index (χ1n) is 6.02. The molecule has 0 fully saturated rings. The fourth-order valence-corrected chi connectivity index (χ4v) is 1.87. The maximum Gasteiger partial charge on any atom is 0.303 e. The summed E-state index contributed by atoms with van der Waals surface area (Å²) in [6.45, 7) is 3.40. The van der Waals surface area contributed by atoms with Gasteiger partial charge in [0.05, 0.1) is 5.69 Å². The summed E-state index contributed by atoms with van der Waals surface area (Å²) in [7, 11) is 0. The number of carboxylic acids is 1. The summed E-state index contributed by atoms with van der Waals surface area (Å²) in [5, 5.41) is 11.7. The van der Waals surface area contributed by atoms with Crippen LogP contribution < -0.4 is 5.32 Å². The van der Waals surface area contributed by atoms with E-state index in [0.717, 1.165) is 16.9 Å². The van der Waals surface area contributed by atoms with Crippen LogP contribution in [0.4, 0.5) is 0 Å². The zero-order valence-corrected chi connectivity index (χ0v) is 10.4. The van der Waals surface area contributed by atoms with E-state index in [1.165, 1.54) is 0 Å². The van der Waals surface area contributed by atoms with E-state index in [0.29, 0.717) is 19.5 Å². The first kappa shape index (κ1) is 12.6. The number of rotatable bonds is 6. The molecule has 0 aliphatic carbocycles. The van der Waals surface area contributed by atoms with Gasteiger partial charge in [0.15, 0.2) is 0 Å². The van der Waals surface area contributed by atoms with Gasteiger partial charge in [-0.15, -0.1) is 0 Å². The van der Waals surface area contributed by atoms with Crippen molar-refractivity contribution in [3.05, 3.63) is 35.8 Å². The van der Waals surface area contributed by atoms with Gasteiger partial charge in [-0.3, -0.25) is 4.79 Å². The van der Waals surface area contributed by atoms with Crippen LogP contribution in [0.2, 0.25) is 0 Å². The fraction of sp³-hybridized carbons (Fsp3) is 0.385. The minimum absolute atomic E-state index is 0.206. The van der Waals surface area contributed by atoms with Crippen molar-refractivity contribution in [3.8, 4) is 0 Å². The predicted molar refractivity (Wildman–Crippen MR) is 68.5 cm³/mol. The third kappa shape index (κ3) is 3.07. The first-order valence-corrected chi connectivity index (χ1v) is 6.02. The molecule has 0 aliphatic rings. The highest BCUT2D eigenvalue weighted by molar-refractivity contribution is 5.66. The summed E-state index contributed by atoms with van der Waals surface area (Å²) in [4.78, 5) is 14.9. The molecule has 0 amide bonds. The molecule has 5 nitrogen and oxygen atoms in total. The van der Waals surface area contributed by atoms with Crippen molar-refractivity contribution in [1.29, 1.82) is 0 Å². The lowest BCUT2D eigenvalue weighted by atomic mass is 10.3. The van der Waals surface area contributed by atoms with Gasteiger partial charge in [-0.1, -0.05) is 6.07 Å². The molecule has 0 saturated carbocycles. The second kappa shape index (κ2) is 5.64. The van der Waals surface area contributed by atoms with E-state index >= 15 is 0 Å². The number of hydrogen-bond acceptors (Lipinski definition) is 3. The normalized spacial score (nSPS) is 10.9. The van der Waals surface area contributed by atoms with Crippen molar-refractivity contribution >= 4 is 11.6 Å². The highest BCUT2D eigenvalue weighted by Crippen LogP contribution is 2.09. The summed E-state index contributed by atoms with van der Waals surface area (Å²) >= 11 is 0. The van der Waals surface area contributed by atoms with Crippen LogP contribution in [0.15, 0.2) is 24.5 Å². The highest BCUT2D eigenvalue weighted by atomic mass is 16.4. The Bertz CT molecular complexity index is 548. The first-order chi connectivity index (χ1) is 8.66. The molecular weight excluding hydrogens is 230 g/mol. The average molecular weight is 247 g/mol. The number of fused-ring (bicyclic) bond motifs is 1. The summed E-state index contributed by atoms with van der Waals surface area (Å²) in [6.07, 6.45) is 4.81. The molecule has 0 bridgehead atoms. The maximum absolute atomic E-state index is 10.3. The molecule has 18 heavy (non-hydrogen) atoms. The minimum atomic E-state index is -0.750. The van der Waals surface area contributed by atoms with Crippen LogP contribution >= 0.6 is 0 Å². The average Bonchev–Trinajstić information content (AvgIpc) is 2.72. The fourth-order valence-electron chi connectivity index (χ4n) is 1.87. The van der Waals surface area contributed by atoms with Crippen molar-refractivity contribution in [2.75, 3.05) is 6.54 Å². The third-order valence-electron chi connectivity index (χ3n) is 2.78. The van der Waals surface area contributed by atoms with Crippen LogP contribution in [0, 0.1) is 6.92 Å². The zero-order valence-electron chi connectivity index (χ0n) is 10.4. The van der Waals surface area contributed by atoms with Crippen molar-refractivity contribution in [1.82, 2.24) is 14.7 Å². The lowest BCUT2D eigenvalue weighted by Crippen LogP contribution is -2.15. The smallest absolute Gasteiger partial charge is 0.303 e. The SMILES string of the molecule is Cc1cccn2cc(CNCCCC(=O)O)nc12. The molecule has 2 heterocycles. The lowest BCUT2D eigenvalue weighted by molar-refractivity contribution is -0.137.